The maximum atomic E-state index is 14.7. The first-order chi connectivity index (χ1) is 14.4. The Labute approximate surface area is 206 Å². The maximum absolute atomic E-state index is 14.7. The van der Waals surface area contributed by atoms with Crippen LogP contribution in [0.2, 0.25) is 5.02 Å². The van der Waals surface area contributed by atoms with E-state index in [4.69, 9.17) is 16.6 Å². The molecule has 31 heavy (non-hydrogen) atoms. The average Bonchev–Trinajstić information content (AvgIpc) is 3.31. The number of aliphatic imine (C=N–C) groups is 1. The second-order valence-corrected chi connectivity index (χ2v) is 8.15. The van der Waals surface area contributed by atoms with Gasteiger partial charge in [0.2, 0.25) is 0 Å². The van der Waals surface area contributed by atoms with Crippen molar-refractivity contribution in [2.75, 3.05) is 26.2 Å². The number of guanidine groups is 1. The molecule has 0 saturated carbocycles. The highest BCUT2D eigenvalue weighted by Gasteiger charge is 2.27. The lowest BCUT2D eigenvalue weighted by atomic mass is 10.0. The first-order valence-corrected chi connectivity index (χ1v) is 11.0. The van der Waals surface area contributed by atoms with E-state index in [1.807, 2.05) is 25.6 Å². The Morgan fingerprint density at radius 2 is 1.97 bits per heavy atom. The fraction of sp³-hybridized carbons (Fsp3) is 0.545. The summed E-state index contributed by atoms with van der Waals surface area (Å²) in [5.74, 6) is 0.446. The SMILES string of the molecule is CCNC(=NCc1c(C)nn(C)c1C)NCC(c1c(F)cccc1Cl)N1CCCC1.I. The summed E-state index contributed by atoms with van der Waals surface area (Å²) >= 11 is 6.41. The molecule has 3 rings (SSSR count). The number of halogens is 3. The lowest BCUT2D eigenvalue weighted by Gasteiger charge is -2.29. The smallest absolute Gasteiger partial charge is 0.191 e. The van der Waals surface area contributed by atoms with Crippen LogP contribution in [0.5, 0.6) is 0 Å². The van der Waals surface area contributed by atoms with E-state index in [1.165, 1.54) is 6.07 Å². The number of benzene rings is 1. The zero-order chi connectivity index (χ0) is 21.7. The molecule has 1 aliphatic rings. The Kier molecular flexibility index (Phi) is 10.0. The summed E-state index contributed by atoms with van der Waals surface area (Å²) in [7, 11) is 1.94. The molecular weight excluding hydrogens is 530 g/mol. The lowest BCUT2D eigenvalue weighted by molar-refractivity contribution is 0.240. The number of likely N-dealkylation sites (tertiary alicyclic amines) is 1. The third-order valence-electron chi connectivity index (χ3n) is 5.78. The first kappa shape index (κ1) is 25.9. The minimum absolute atomic E-state index is 0. The van der Waals surface area contributed by atoms with E-state index in [0.29, 0.717) is 29.6 Å². The van der Waals surface area contributed by atoms with E-state index in [-0.39, 0.29) is 35.8 Å². The molecule has 9 heteroatoms. The molecule has 1 fully saturated rings. The zero-order valence-electron chi connectivity index (χ0n) is 18.7. The van der Waals surface area contributed by atoms with Gasteiger partial charge in [0.25, 0.3) is 0 Å². The van der Waals surface area contributed by atoms with Crippen molar-refractivity contribution >= 4 is 41.5 Å². The molecule has 0 amide bonds. The molecule has 2 aromatic rings. The van der Waals surface area contributed by atoms with Gasteiger partial charge in [-0.05, 0) is 58.8 Å². The number of hydrogen-bond acceptors (Lipinski definition) is 3. The summed E-state index contributed by atoms with van der Waals surface area (Å²) < 4.78 is 16.6. The zero-order valence-corrected chi connectivity index (χ0v) is 21.8. The monoisotopic (exact) mass is 562 g/mol. The van der Waals surface area contributed by atoms with Crippen molar-refractivity contribution in [1.29, 1.82) is 0 Å². The van der Waals surface area contributed by atoms with Crippen LogP contribution in [-0.4, -0.2) is 46.8 Å². The molecule has 0 spiro atoms. The minimum atomic E-state index is -0.259. The van der Waals surface area contributed by atoms with Crippen LogP contribution < -0.4 is 10.6 Å². The summed E-state index contributed by atoms with van der Waals surface area (Å²) in [6, 6.07) is 4.75. The summed E-state index contributed by atoms with van der Waals surface area (Å²) in [6.45, 7) is 9.77. The second kappa shape index (κ2) is 12.0. The summed E-state index contributed by atoms with van der Waals surface area (Å²) in [5.41, 5.74) is 3.79. The lowest BCUT2D eigenvalue weighted by Crippen LogP contribution is -2.43. The maximum Gasteiger partial charge on any atom is 0.191 e. The molecule has 2 heterocycles. The molecule has 2 N–H and O–H groups in total. The van der Waals surface area contributed by atoms with Gasteiger partial charge in [-0.3, -0.25) is 9.58 Å². The van der Waals surface area contributed by atoms with Crippen molar-refractivity contribution in [2.24, 2.45) is 12.0 Å². The van der Waals surface area contributed by atoms with Crippen molar-refractivity contribution in [1.82, 2.24) is 25.3 Å². The molecule has 0 radical (unpaired) electrons. The van der Waals surface area contributed by atoms with E-state index >= 15 is 0 Å². The number of rotatable bonds is 7. The molecular formula is C22H33ClFIN6. The molecule has 1 aliphatic heterocycles. The van der Waals surface area contributed by atoms with Gasteiger partial charge in [-0.25, -0.2) is 9.38 Å². The van der Waals surface area contributed by atoms with Crippen LogP contribution in [0.15, 0.2) is 23.2 Å². The number of nitrogens with one attached hydrogen (secondary N) is 2. The molecule has 1 aromatic carbocycles. The Morgan fingerprint density at radius 1 is 1.26 bits per heavy atom. The van der Waals surface area contributed by atoms with Gasteiger partial charge in [0.1, 0.15) is 5.82 Å². The first-order valence-electron chi connectivity index (χ1n) is 10.6. The third kappa shape index (κ3) is 6.32. The molecule has 1 unspecified atom stereocenters. The van der Waals surface area contributed by atoms with Gasteiger partial charge < -0.3 is 10.6 Å². The fourth-order valence-corrected chi connectivity index (χ4v) is 4.32. The molecule has 6 nitrogen and oxygen atoms in total. The number of aryl methyl sites for hydroxylation is 2. The molecule has 0 bridgehead atoms. The van der Waals surface area contributed by atoms with Crippen LogP contribution in [-0.2, 0) is 13.6 Å². The number of nitrogens with zero attached hydrogens (tertiary/aromatic N) is 4. The molecule has 0 aliphatic carbocycles. The van der Waals surface area contributed by atoms with Gasteiger partial charge >= 0.3 is 0 Å². The largest absolute Gasteiger partial charge is 0.357 e. The summed E-state index contributed by atoms with van der Waals surface area (Å²) in [5, 5.41) is 11.6. The average molecular weight is 563 g/mol. The molecule has 1 saturated heterocycles. The van der Waals surface area contributed by atoms with Crippen LogP contribution in [0, 0.1) is 19.7 Å². The highest BCUT2D eigenvalue weighted by molar-refractivity contribution is 14.0. The van der Waals surface area contributed by atoms with Crippen LogP contribution in [0.1, 0.15) is 48.3 Å². The Balaban J connectivity index is 0.00000341. The number of hydrogen-bond donors (Lipinski definition) is 2. The van der Waals surface area contributed by atoms with Crippen molar-refractivity contribution in [2.45, 2.75) is 46.2 Å². The van der Waals surface area contributed by atoms with Gasteiger partial charge in [-0.1, -0.05) is 17.7 Å². The van der Waals surface area contributed by atoms with Crippen LogP contribution >= 0.6 is 35.6 Å². The van der Waals surface area contributed by atoms with Gasteiger partial charge in [0.15, 0.2) is 5.96 Å². The van der Waals surface area contributed by atoms with Gasteiger partial charge in [0, 0.05) is 42.0 Å². The molecule has 172 valence electrons. The summed E-state index contributed by atoms with van der Waals surface area (Å²) in [4.78, 5) is 7.05. The van der Waals surface area contributed by atoms with E-state index < -0.39 is 0 Å². The molecule has 1 atom stereocenters. The van der Waals surface area contributed by atoms with Crippen molar-refractivity contribution in [3.63, 3.8) is 0 Å². The predicted octanol–water partition coefficient (Wildman–Crippen LogP) is 4.34. The van der Waals surface area contributed by atoms with E-state index in [2.05, 4.69) is 27.6 Å². The Bertz CT molecular complexity index is 874. The van der Waals surface area contributed by atoms with Gasteiger partial charge in [0.05, 0.1) is 18.3 Å². The normalized spacial score (nSPS) is 15.6. The third-order valence-corrected chi connectivity index (χ3v) is 6.11. The van der Waals surface area contributed by atoms with E-state index in [0.717, 1.165) is 49.4 Å². The highest BCUT2D eigenvalue weighted by Crippen LogP contribution is 2.31. The predicted molar refractivity (Wildman–Crippen MR) is 136 cm³/mol. The topological polar surface area (TPSA) is 57.5 Å². The Hall–Kier alpha value is -1.39. The Morgan fingerprint density at radius 3 is 2.55 bits per heavy atom. The van der Waals surface area contributed by atoms with Gasteiger partial charge in [-0.15, -0.1) is 24.0 Å². The van der Waals surface area contributed by atoms with Crippen molar-refractivity contribution < 1.29 is 4.39 Å². The van der Waals surface area contributed by atoms with Crippen molar-refractivity contribution in [3.8, 4) is 0 Å². The van der Waals surface area contributed by atoms with Crippen LogP contribution in [0.3, 0.4) is 0 Å². The van der Waals surface area contributed by atoms with Crippen molar-refractivity contribution in [3.05, 3.63) is 51.6 Å². The van der Waals surface area contributed by atoms with Gasteiger partial charge in [-0.2, -0.15) is 5.10 Å². The van der Waals surface area contributed by atoms with Crippen LogP contribution in [0.25, 0.3) is 0 Å². The number of aromatic nitrogens is 2. The standard InChI is InChI=1S/C22H32ClFN6.HI/c1-5-25-22(26-13-17-15(2)28-29(4)16(17)3)27-14-20(30-11-6-7-12-30)21-18(23)9-8-10-19(21)24;/h8-10,20H,5-7,11-14H2,1-4H3,(H2,25,26,27);1H. The molecule has 1 aromatic heterocycles. The minimum Gasteiger partial charge on any atom is -0.357 e. The fourth-order valence-electron chi connectivity index (χ4n) is 4.04. The second-order valence-electron chi connectivity index (χ2n) is 7.74. The van der Waals surface area contributed by atoms with Crippen LogP contribution in [0.4, 0.5) is 4.39 Å². The quantitative estimate of drug-likeness (QED) is 0.300. The highest BCUT2D eigenvalue weighted by atomic mass is 127. The van der Waals surface area contributed by atoms with E-state index in [9.17, 15) is 4.39 Å². The summed E-state index contributed by atoms with van der Waals surface area (Å²) in [6.07, 6.45) is 2.24. The van der Waals surface area contributed by atoms with E-state index in [1.54, 1.807) is 12.1 Å².